The molecule has 0 aliphatic heterocycles. The molecule has 0 saturated heterocycles. The summed E-state index contributed by atoms with van der Waals surface area (Å²) in [5.74, 6) is 1.76. The molecule has 1 atom stereocenters. The summed E-state index contributed by atoms with van der Waals surface area (Å²) >= 11 is 0. The van der Waals surface area contributed by atoms with E-state index in [1.165, 1.54) is 0 Å². The van der Waals surface area contributed by atoms with Crippen LogP contribution in [0, 0.1) is 0 Å². The number of hydrogen-bond donors (Lipinski definition) is 3. The van der Waals surface area contributed by atoms with Gasteiger partial charge >= 0.3 is 0 Å². The summed E-state index contributed by atoms with van der Waals surface area (Å²) in [7, 11) is -0.754. The SMILES string of the molecule is CS(=O)CCCNc1cc(N)nc(N)n1. The van der Waals surface area contributed by atoms with E-state index in [-0.39, 0.29) is 5.95 Å². The smallest absolute Gasteiger partial charge is 0.223 e. The molecule has 5 N–H and O–H groups in total. The van der Waals surface area contributed by atoms with Crippen LogP contribution in [0.5, 0.6) is 0 Å². The Morgan fingerprint density at radius 2 is 2.20 bits per heavy atom. The van der Waals surface area contributed by atoms with Gasteiger partial charge in [0.1, 0.15) is 11.6 Å². The Morgan fingerprint density at radius 1 is 1.47 bits per heavy atom. The Balaban J connectivity index is 2.40. The molecule has 0 aromatic carbocycles. The molecular formula is C8H15N5OS. The number of aromatic nitrogens is 2. The minimum atomic E-state index is -0.754. The normalized spacial score (nSPS) is 12.3. The largest absolute Gasteiger partial charge is 0.383 e. The van der Waals surface area contributed by atoms with Gasteiger partial charge in [-0.2, -0.15) is 9.97 Å². The second-order valence-corrected chi connectivity index (χ2v) is 4.65. The molecule has 0 saturated carbocycles. The van der Waals surface area contributed by atoms with Gasteiger partial charge in [-0.3, -0.25) is 4.21 Å². The molecule has 1 heterocycles. The van der Waals surface area contributed by atoms with Crippen molar-refractivity contribution in [3.05, 3.63) is 6.07 Å². The van der Waals surface area contributed by atoms with Gasteiger partial charge < -0.3 is 16.8 Å². The summed E-state index contributed by atoms with van der Waals surface area (Å²) in [5, 5.41) is 3.04. The zero-order chi connectivity index (χ0) is 11.3. The van der Waals surface area contributed by atoms with Crippen molar-refractivity contribution in [1.29, 1.82) is 0 Å². The first-order valence-electron chi connectivity index (χ1n) is 4.52. The number of anilines is 3. The van der Waals surface area contributed by atoms with E-state index in [1.807, 2.05) is 0 Å². The molecule has 0 spiro atoms. The van der Waals surface area contributed by atoms with Crippen molar-refractivity contribution >= 4 is 28.4 Å². The monoisotopic (exact) mass is 229 g/mol. The van der Waals surface area contributed by atoms with Crippen LogP contribution in [-0.4, -0.2) is 32.7 Å². The molecule has 0 radical (unpaired) electrons. The summed E-state index contributed by atoms with van der Waals surface area (Å²) in [6, 6.07) is 1.61. The van der Waals surface area contributed by atoms with E-state index in [4.69, 9.17) is 11.5 Å². The number of hydrogen-bond acceptors (Lipinski definition) is 6. The number of nitrogen functional groups attached to an aromatic ring is 2. The summed E-state index contributed by atoms with van der Waals surface area (Å²) in [4.78, 5) is 7.70. The van der Waals surface area contributed by atoms with Gasteiger partial charge in [0.25, 0.3) is 0 Å². The van der Waals surface area contributed by atoms with Crippen molar-refractivity contribution in [1.82, 2.24) is 9.97 Å². The third-order valence-corrected chi connectivity index (χ3v) is 2.54. The maximum atomic E-state index is 10.8. The molecule has 1 aromatic rings. The lowest BCUT2D eigenvalue weighted by Gasteiger charge is -2.05. The molecule has 0 bridgehead atoms. The lowest BCUT2D eigenvalue weighted by atomic mass is 10.4. The van der Waals surface area contributed by atoms with Crippen molar-refractivity contribution in [2.24, 2.45) is 0 Å². The molecule has 0 aliphatic rings. The van der Waals surface area contributed by atoms with Crippen LogP contribution >= 0.6 is 0 Å². The quantitative estimate of drug-likeness (QED) is 0.605. The highest BCUT2D eigenvalue weighted by Gasteiger charge is 1.99. The van der Waals surface area contributed by atoms with Crippen LogP contribution in [0.3, 0.4) is 0 Å². The van der Waals surface area contributed by atoms with E-state index in [0.29, 0.717) is 23.9 Å². The number of nitrogens with zero attached hydrogens (tertiary/aromatic N) is 2. The van der Waals surface area contributed by atoms with Gasteiger partial charge in [-0.05, 0) is 6.42 Å². The molecule has 1 aromatic heterocycles. The molecule has 0 aliphatic carbocycles. The van der Waals surface area contributed by atoms with Crippen LogP contribution in [0.15, 0.2) is 6.07 Å². The number of rotatable bonds is 5. The molecule has 0 amide bonds. The fourth-order valence-electron chi connectivity index (χ4n) is 1.07. The molecule has 15 heavy (non-hydrogen) atoms. The number of nitrogens with one attached hydrogen (secondary N) is 1. The van der Waals surface area contributed by atoms with Crippen LogP contribution in [0.2, 0.25) is 0 Å². The second kappa shape index (κ2) is 5.50. The van der Waals surface area contributed by atoms with Crippen molar-refractivity contribution in [3.63, 3.8) is 0 Å². The van der Waals surface area contributed by atoms with Crippen LogP contribution in [0.1, 0.15) is 6.42 Å². The lowest BCUT2D eigenvalue weighted by molar-refractivity contribution is 0.685. The average molecular weight is 229 g/mol. The van der Waals surface area contributed by atoms with Gasteiger partial charge in [0, 0.05) is 35.4 Å². The highest BCUT2D eigenvalue weighted by Crippen LogP contribution is 2.08. The van der Waals surface area contributed by atoms with E-state index < -0.39 is 10.8 Å². The predicted octanol–water partition coefficient (Wildman–Crippen LogP) is -0.178. The summed E-state index contributed by atoms with van der Waals surface area (Å²) in [6.45, 7) is 0.690. The molecule has 1 unspecified atom stereocenters. The zero-order valence-corrected chi connectivity index (χ0v) is 9.38. The summed E-state index contributed by atoms with van der Waals surface area (Å²) in [6.07, 6.45) is 2.49. The molecule has 0 fully saturated rings. The third-order valence-electron chi connectivity index (χ3n) is 1.68. The Bertz CT molecular complexity index is 337. The first kappa shape index (κ1) is 11.7. The highest BCUT2D eigenvalue weighted by molar-refractivity contribution is 7.84. The first-order chi connectivity index (χ1) is 7.08. The van der Waals surface area contributed by atoms with Crippen molar-refractivity contribution < 1.29 is 4.21 Å². The molecule has 1 rings (SSSR count). The van der Waals surface area contributed by atoms with Crippen molar-refractivity contribution in [2.75, 3.05) is 35.3 Å². The van der Waals surface area contributed by atoms with E-state index in [1.54, 1.807) is 12.3 Å². The van der Waals surface area contributed by atoms with E-state index in [0.717, 1.165) is 6.42 Å². The standard InChI is InChI=1S/C8H15N5OS/c1-15(14)4-2-3-11-7-5-6(9)12-8(10)13-7/h5H,2-4H2,1H3,(H5,9,10,11,12,13). The van der Waals surface area contributed by atoms with E-state index in [9.17, 15) is 4.21 Å². The lowest BCUT2D eigenvalue weighted by Crippen LogP contribution is -2.09. The predicted molar refractivity (Wildman–Crippen MR) is 62.9 cm³/mol. The van der Waals surface area contributed by atoms with Gasteiger partial charge in [0.2, 0.25) is 5.95 Å². The van der Waals surface area contributed by atoms with Crippen LogP contribution in [0.25, 0.3) is 0 Å². The van der Waals surface area contributed by atoms with Gasteiger partial charge in [-0.15, -0.1) is 0 Å². The molecular weight excluding hydrogens is 214 g/mol. The van der Waals surface area contributed by atoms with Gasteiger partial charge in [0.05, 0.1) is 0 Å². The highest BCUT2D eigenvalue weighted by atomic mass is 32.2. The second-order valence-electron chi connectivity index (χ2n) is 3.09. The summed E-state index contributed by atoms with van der Waals surface area (Å²) < 4.78 is 10.8. The first-order valence-corrected chi connectivity index (χ1v) is 6.24. The average Bonchev–Trinajstić information content (AvgIpc) is 2.10. The van der Waals surface area contributed by atoms with Crippen LogP contribution < -0.4 is 16.8 Å². The minimum Gasteiger partial charge on any atom is -0.383 e. The Hall–Kier alpha value is -1.37. The van der Waals surface area contributed by atoms with E-state index >= 15 is 0 Å². The molecule has 7 heteroatoms. The molecule has 6 nitrogen and oxygen atoms in total. The summed E-state index contributed by atoms with van der Waals surface area (Å²) in [5.41, 5.74) is 10.9. The Kier molecular flexibility index (Phi) is 4.29. The van der Waals surface area contributed by atoms with Gasteiger partial charge in [-0.1, -0.05) is 0 Å². The topological polar surface area (TPSA) is 107 Å². The Morgan fingerprint density at radius 3 is 2.80 bits per heavy atom. The van der Waals surface area contributed by atoms with Gasteiger partial charge in [-0.25, -0.2) is 0 Å². The van der Waals surface area contributed by atoms with Crippen molar-refractivity contribution in [3.8, 4) is 0 Å². The van der Waals surface area contributed by atoms with Crippen molar-refractivity contribution in [2.45, 2.75) is 6.42 Å². The van der Waals surface area contributed by atoms with E-state index in [2.05, 4.69) is 15.3 Å². The van der Waals surface area contributed by atoms with Gasteiger partial charge in [0.15, 0.2) is 0 Å². The molecule has 84 valence electrons. The fraction of sp³-hybridized carbons (Fsp3) is 0.500. The van der Waals surface area contributed by atoms with Crippen LogP contribution in [-0.2, 0) is 10.8 Å². The minimum absolute atomic E-state index is 0.150. The maximum Gasteiger partial charge on any atom is 0.223 e. The maximum absolute atomic E-state index is 10.8. The number of nitrogens with two attached hydrogens (primary N) is 2. The van der Waals surface area contributed by atoms with Crippen LogP contribution in [0.4, 0.5) is 17.6 Å². The zero-order valence-electron chi connectivity index (χ0n) is 8.56. The third kappa shape index (κ3) is 4.59. The fourth-order valence-corrected chi connectivity index (χ4v) is 1.62. The Labute approximate surface area is 90.9 Å².